The van der Waals surface area contributed by atoms with Crippen molar-refractivity contribution in [1.29, 1.82) is 0 Å². The van der Waals surface area contributed by atoms with Crippen molar-refractivity contribution in [1.82, 2.24) is 24.7 Å². The summed E-state index contributed by atoms with van der Waals surface area (Å²) in [7, 11) is -3.68. The van der Waals surface area contributed by atoms with Crippen LogP contribution in [-0.4, -0.2) is 63.2 Å². The predicted octanol–water partition coefficient (Wildman–Crippen LogP) is 3.60. The van der Waals surface area contributed by atoms with E-state index in [1.807, 2.05) is 6.92 Å². The molecule has 0 aliphatic carbocycles. The Balaban J connectivity index is 2.14. The molecule has 0 fully saturated rings. The average molecular weight is 555 g/mol. The first-order chi connectivity index (χ1) is 17.8. The number of nitrogens with one attached hydrogen (secondary N) is 2. The lowest BCUT2D eigenvalue weighted by Gasteiger charge is -2.32. The number of ether oxygens (including phenoxy) is 3. The van der Waals surface area contributed by atoms with E-state index in [1.54, 1.807) is 57.8 Å². The van der Waals surface area contributed by atoms with E-state index >= 15 is 0 Å². The molecule has 2 aromatic rings. The number of unbranched alkanes of at least 4 members (excludes halogenated alkanes) is 2. The van der Waals surface area contributed by atoms with Crippen molar-refractivity contribution in [3.05, 3.63) is 18.6 Å². The molecule has 3 atom stereocenters. The van der Waals surface area contributed by atoms with Gasteiger partial charge in [0.25, 0.3) is 0 Å². The number of anilines is 1. The molecular formula is C25H43N6O6P. The number of carbonyl (C=O) groups is 2. The molecule has 12 nitrogen and oxygen atoms in total. The molecule has 214 valence electrons. The Kier molecular flexibility index (Phi) is 11.7. The van der Waals surface area contributed by atoms with E-state index < -0.39 is 37.1 Å². The van der Waals surface area contributed by atoms with E-state index in [0.717, 1.165) is 19.3 Å². The molecule has 1 unspecified atom stereocenters. The maximum absolute atomic E-state index is 14.1. The van der Waals surface area contributed by atoms with Crippen LogP contribution in [-0.2, 0) is 34.9 Å². The number of nitrogens with two attached hydrogens (primary N) is 1. The first-order valence-corrected chi connectivity index (χ1v) is 14.9. The van der Waals surface area contributed by atoms with Gasteiger partial charge < -0.3 is 24.5 Å². The first kappa shape index (κ1) is 31.7. The normalized spacial score (nSPS) is 15.3. The van der Waals surface area contributed by atoms with Crippen molar-refractivity contribution >= 4 is 36.2 Å². The second-order valence-electron chi connectivity index (χ2n) is 10.2. The van der Waals surface area contributed by atoms with Gasteiger partial charge in [0, 0.05) is 6.20 Å². The van der Waals surface area contributed by atoms with Crippen LogP contribution in [0.1, 0.15) is 67.7 Å². The van der Waals surface area contributed by atoms with Crippen molar-refractivity contribution in [2.45, 2.75) is 98.1 Å². The van der Waals surface area contributed by atoms with Gasteiger partial charge in [0.05, 0.1) is 37.4 Å². The second kappa shape index (κ2) is 14.0. The summed E-state index contributed by atoms with van der Waals surface area (Å²) in [6.07, 6.45) is 4.84. The van der Waals surface area contributed by atoms with Crippen molar-refractivity contribution in [3.63, 3.8) is 0 Å². The Labute approximate surface area is 224 Å². The van der Waals surface area contributed by atoms with E-state index in [9.17, 15) is 14.2 Å². The van der Waals surface area contributed by atoms with E-state index in [4.69, 9.17) is 19.9 Å². The molecule has 0 aliphatic heterocycles. The monoisotopic (exact) mass is 554 g/mol. The van der Waals surface area contributed by atoms with Gasteiger partial charge >= 0.3 is 11.9 Å². The highest BCUT2D eigenvalue weighted by Gasteiger charge is 2.39. The number of imidazole rings is 1. The third-order valence-corrected chi connectivity index (χ3v) is 7.83. The summed E-state index contributed by atoms with van der Waals surface area (Å²) >= 11 is 0. The number of aromatic nitrogens is 3. The van der Waals surface area contributed by atoms with Gasteiger partial charge in [-0.05, 0) is 54.0 Å². The smallest absolute Gasteiger partial charge is 0.326 e. The van der Waals surface area contributed by atoms with Gasteiger partial charge in [-0.2, -0.15) is 0 Å². The molecule has 0 saturated carbocycles. The molecule has 4 N–H and O–H groups in total. The molecule has 13 heteroatoms. The van der Waals surface area contributed by atoms with Crippen LogP contribution in [0, 0.1) is 0 Å². The van der Waals surface area contributed by atoms with E-state index in [2.05, 4.69) is 27.1 Å². The number of fused-ring (bicyclic) bond motifs is 1. The summed E-state index contributed by atoms with van der Waals surface area (Å²) < 4.78 is 32.5. The molecule has 0 bridgehead atoms. The molecule has 0 amide bonds. The number of hydrogen-bond acceptors (Lipinski definition) is 9. The lowest BCUT2D eigenvalue weighted by molar-refractivity contribution is -0.149. The fraction of sp³-hybridized carbons (Fsp3) is 0.680. The number of esters is 2. The Hall–Kier alpha value is -2.53. The van der Waals surface area contributed by atoms with Crippen LogP contribution in [0.3, 0.4) is 0 Å². The zero-order chi connectivity index (χ0) is 28.5. The fourth-order valence-electron chi connectivity index (χ4n) is 3.67. The first-order valence-electron chi connectivity index (χ1n) is 13.0. The molecular weight excluding hydrogens is 511 g/mol. The highest BCUT2D eigenvalue weighted by molar-refractivity contribution is 7.59. The number of rotatable bonds is 16. The van der Waals surface area contributed by atoms with Crippen LogP contribution in [0.4, 0.5) is 5.69 Å². The summed E-state index contributed by atoms with van der Waals surface area (Å²) in [5, 5.41) is 5.72. The third-order valence-electron chi connectivity index (χ3n) is 5.59. The molecule has 2 rings (SSSR count). The topological polar surface area (TPSA) is 160 Å². The zero-order valence-corrected chi connectivity index (χ0v) is 24.4. The van der Waals surface area contributed by atoms with Gasteiger partial charge in [-0.3, -0.25) is 14.2 Å². The largest absolute Gasteiger partial charge is 0.464 e. The number of hydrogen-bond donors (Lipinski definition) is 3. The minimum Gasteiger partial charge on any atom is -0.464 e. The molecule has 2 heterocycles. The van der Waals surface area contributed by atoms with Gasteiger partial charge in [0.15, 0.2) is 5.65 Å². The van der Waals surface area contributed by atoms with Crippen LogP contribution in [0.2, 0.25) is 0 Å². The molecule has 0 radical (unpaired) electrons. The summed E-state index contributed by atoms with van der Waals surface area (Å²) in [6.45, 7) is 12.7. The quantitative estimate of drug-likeness (QED) is 0.158. The summed E-state index contributed by atoms with van der Waals surface area (Å²) in [6, 6.07) is 0.755. The standard InChI is InChI=1S/C25H43N6O6P/c1-8-9-10-13-35-24(33)25(6,7)30-38(34,29-19(5)23(32)37-17(2)3)16-36-18(4)14-31-15-28-21-20(26)11-12-27-22(21)31/h11-12,15,17-19H,8-10,13-14,16H2,1-7H3,(H2,26,27)(H2,29,30,34)/t18-,19-,38?/m1/s1. The average Bonchev–Trinajstić information content (AvgIpc) is 3.23. The summed E-state index contributed by atoms with van der Waals surface area (Å²) in [5.41, 5.74) is 6.37. The van der Waals surface area contributed by atoms with Gasteiger partial charge in [0.1, 0.15) is 23.4 Å². The van der Waals surface area contributed by atoms with E-state index in [0.29, 0.717) is 23.4 Å². The Morgan fingerprint density at radius 1 is 1.18 bits per heavy atom. The molecule has 38 heavy (non-hydrogen) atoms. The van der Waals surface area contributed by atoms with Gasteiger partial charge in [-0.1, -0.05) is 19.8 Å². The van der Waals surface area contributed by atoms with Crippen LogP contribution in [0.15, 0.2) is 18.6 Å². The lowest BCUT2D eigenvalue weighted by atomic mass is 10.1. The molecule has 0 aromatic carbocycles. The Morgan fingerprint density at radius 3 is 2.55 bits per heavy atom. The SMILES string of the molecule is CCCCCOC(=O)C(C)(C)NP(=O)(CO[C@H](C)Cn1cnc2c(N)ccnc21)N[C@H](C)C(=O)OC(C)C. The lowest BCUT2D eigenvalue weighted by Crippen LogP contribution is -2.50. The fourth-order valence-corrected chi connectivity index (χ4v) is 6.07. The summed E-state index contributed by atoms with van der Waals surface area (Å²) in [4.78, 5) is 33.9. The van der Waals surface area contributed by atoms with E-state index in [1.165, 1.54) is 0 Å². The minimum absolute atomic E-state index is 0.275. The van der Waals surface area contributed by atoms with Crippen molar-refractivity contribution in [2.75, 3.05) is 18.7 Å². The molecule has 0 spiro atoms. The summed E-state index contributed by atoms with van der Waals surface area (Å²) in [5.74, 6) is -1.11. The third kappa shape index (κ3) is 9.34. The number of nitrogens with zero attached hydrogens (tertiary/aromatic N) is 3. The van der Waals surface area contributed by atoms with Crippen LogP contribution in [0.25, 0.3) is 11.2 Å². The van der Waals surface area contributed by atoms with Gasteiger partial charge in [-0.15, -0.1) is 0 Å². The van der Waals surface area contributed by atoms with Crippen molar-refractivity contribution in [3.8, 4) is 0 Å². The van der Waals surface area contributed by atoms with Gasteiger partial charge in [0.2, 0.25) is 7.44 Å². The second-order valence-corrected chi connectivity index (χ2v) is 12.5. The minimum atomic E-state index is -3.68. The van der Waals surface area contributed by atoms with Crippen molar-refractivity contribution < 1.29 is 28.4 Å². The zero-order valence-electron chi connectivity index (χ0n) is 23.5. The maximum Gasteiger partial charge on any atom is 0.326 e. The maximum atomic E-state index is 14.1. The van der Waals surface area contributed by atoms with Crippen molar-refractivity contribution in [2.24, 2.45) is 0 Å². The van der Waals surface area contributed by atoms with Crippen LogP contribution in [0.5, 0.6) is 0 Å². The number of carbonyl (C=O) groups excluding carboxylic acids is 2. The highest BCUT2D eigenvalue weighted by Crippen LogP contribution is 2.40. The van der Waals surface area contributed by atoms with Gasteiger partial charge in [-0.25, -0.2) is 20.1 Å². The van der Waals surface area contributed by atoms with Crippen LogP contribution >= 0.6 is 7.44 Å². The Morgan fingerprint density at radius 2 is 1.89 bits per heavy atom. The number of nitrogen functional groups attached to an aromatic ring is 1. The molecule has 2 aromatic heterocycles. The molecule has 0 saturated heterocycles. The Bertz CT molecular complexity index is 1120. The molecule has 0 aliphatic rings. The van der Waals surface area contributed by atoms with E-state index in [-0.39, 0.29) is 19.1 Å². The van der Waals surface area contributed by atoms with Crippen LogP contribution < -0.4 is 15.9 Å². The predicted molar refractivity (Wildman–Crippen MR) is 146 cm³/mol. The number of pyridine rings is 1. The highest BCUT2D eigenvalue weighted by atomic mass is 31.2.